The zero-order valence-electron chi connectivity index (χ0n) is 11.3. The van der Waals surface area contributed by atoms with Crippen molar-refractivity contribution in [3.8, 4) is 0 Å². The van der Waals surface area contributed by atoms with Crippen molar-refractivity contribution in [2.75, 3.05) is 7.05 Å². The van der Waals surface area contributed by atoms with Crippen LogP contribution in [0.2, 0.25) is 5.02 Å². The van der Waals surface area contributed by atoms with Crippen molar-refractivity contribution in [3.05, 3.63) is 69.2 Å². The number of benzene rings is 2. The lowest BCUT2D eigenvalue weighted by Crippen LogP contribution is -2.29. The lowest BCUT2D eigenvalue weighted by molar-refractivity contribution is 0.0742. The maximum absolute atomic E-state index is 12.5. The highest BCUT2D eigenvalue weighted by molar-refractivity contribution is 9.10. The molecule has 2 nitrogen and oxygen atoms in total. The molecular formula is C16H15BrClNO. The topological polar surface area (TPSA) is 20.3 Å². The standard InChI is InChI=1S/C16H15BrClNO/c1-11(12-6-4-3-5-7-12)19(2)16(20)13-8-14(17)10-15(18)9-13/h3-11H,1-2H3. The van der Waals surface area contributed by atoms with Crippen molar-refractivity contribution in [1.29, 1.82) is 0 Å². The minimum Gasteiger partial charge on any atom is -0.335 e. The summed E-state index contributed by atoms with van der Waals surface area (Å²) in [6.45, 7) is 2.01. The molecule has 0 aliphatic carbocycles. The summed E-state index contributed by atoms with van der Waals surface area (Å²) < 4.78 is 0.800. The second-order valence-electron chi connectivity index (χ2n) is 4.66. The molecule has 0 saturated carbocycles. The first-order chi connectivity index (χ1) is 9.49. The Bertz CT molecular complexity index is 595. The molecular weight excluding hydrogens is 338 g/mol. The average Bonchev–Trinajstić information content (AvgIpc) is 2.45. The Kier molecular flexibility index (Phi) is 4.84. The monoisotopic (exact) mass is 351 g/mol. The van der Waals surface area contributed by atoms with E-state index in [0.717, 1.165) is 10.0 Å². The van der Waals surface area contributed by atoms with Crippen LogP contribution in [0, 0.1) is 0 Å². The van der Waals surface area contributed by atoms with Gasteiger partial charge in [-0.3, -0.25) is 4.79 Å². The van der Waals surface area contributed by atoms with Gasteiger partial charge in [-0.2, -0.15) is 0 Å². The maximum Gasteiger partial charge on any atom is 0.254 e. The Morgan fingerprint density at radius 3 is 2.45 bits per heavy atom. The zero-order valence-corrected chi connectivity index (χ0v) is 13.6. The van der Waals surface area contributed by atoms with E-state index in [-0.39, 0.29) is 11.9 Å². The van der Waals surface area contributed by atoms with Gasteiger partial charge in [-0.05, 0) is 30.7 Å². The van der Waals surface area contributed by atoms with Crippen LogP contribution in [0.3, 0.4) is 0 Å². The Morgan fingerprint density at radius 1 is 1.20 bits per heavy atom. The molecule has 1 unspecified atom stereocenters. The fourth-order valence-electron chi connectivity index (χ4n) is 2.01. The van der Waals surface area contributed by atoms with Crippen LogP contribution in [0.1, 0.15) is 28.9 Å². The quantitative estimate of drug-likeness (QED) is 0.766. The van der Waals surface area contributed by atoms with Gasteiger partial charge in [0.2, 0.25) is 0 Å². The molecule has 0 fully saturated rings. The van der Waals surface area contributed by atoms with E-state index in [1.54, 1.807) is 30.1 Å². The summed E-state index contributed by atoms with van der Waals surface area (Å²) in [4.78, 5) is 14.2. The van der Waals surface area contributed by atoms with E-state index >= 15 is 0 Å². The average molecular weight is 353 g/mol. The third kappa shape index (κ3) is 3.41. The van der Waals surface area contributed by atoms with Crippen molar-refractivity contribution in [2.45, 2.75) is 13.0 Å². The van der Waals surface area contributed by atoms with E-state index in [9.17, 15) is 4.79 Å². The second-order valence-corrected chi connectivity index (χ2v) is 6.01. The van der Waals surface area contributed by atoms with E-state index < -0.39 is 0 Å². The van der Waals surface area contributed by atoms with Gasteiger partial charge in [-0.15, -0.1) is 0 Å². The molecule has 0 aliphatic heterocycles. The van der Waals surface area contributed by atoms with E-state index in [2.05, 4.69) is 15.9 Å². The molecule has 0 heterocycles. The third-order valence-corrected chi connectivity index (χ3v) is 3.97. The summed E-state index contributed by atoms with van der Waals surface area (Å²) in [7, 11) is 1.80. The third-order valence-electron chi connectivity index (χ3n) is 3.29. The summed E-state index contributed by atoms with van der Waals surface area (Å²) in [5.74, 6) is -0.0513. The first kappa shape index (κ1) is 15.1. The molecule has 104 valence electrons. The van der Waals surface area contributed by atoms with Crippen molar-refractivity contribution >= 4 is 33.4 Å². The Labute approximate surface area is 132 Å². The van der Waals surface area contributed by atoms with Gasteiger partial charge in [0, 0.05) is 22.1 Å². The van der Waals surface area contributed by atoms with Gasteiger partial charge in [-0.25, -0.2) is 0 Å². The number of carbonyl (C=O) groups excluding carboxylic acids is 1. The second kappa shape index (κ2) is 6.42. The molecule has 0 aliphatic rings. The Balaban J connectivity index is 2.24. The fourth-order valence-corrected chi connectivity index (χ4v) is 2.87. The zero-order chi connectivity index (χ0) is 14.7. The molecule has 2 aromatic carbocycles. The predicted octanol–water partition coefficient (Wildman–Crippen LogP) is 4.94. The van der Waals surface area contributed by atoms with Crippen LogP contribution in [-0.2, 0) is 0 Å². The lowest BCUT2D eigenvalue weighted by Gasteiger charge is -2.25. The molecule has 0 radical (unpaired) electrons. The molecule has 4 heteroatoms. The SMILES string of the molecule is CC(c1ccccc1)N(C)C(=O)c1cc(Cl)cc(Br)c1. The molecule has 1 atom stereocenters. The smallest absolute Gasteiger partial charge is 0.254 e. The summed E-state index contributed by atoms with van der Waals surface area (Å²) in [6.07, 6.45) is 0. The highest BCUT2D eigenvalue weighted by Gasteiger charge is 2.19. The van der Waals surface area contributed by atoms with Gasteiger partial charge in [0.15, 0.2) is 0 Å². The van der Waals surface area contributed by atoms with Gasteiger partial charge in [0.05, 0.1) is 6.04 Å². The molecule has 20 heavy (non-hydrogen) atoms. The first-order valence-electron chi connectivity index (χ1n) is 6.27. The van der Waals surface area contributed by atoms with Gasteiger partial charge in [-0.1, -0.05) is 57.9 Å². The van der Waals surface area contributed by atoms with Gasteiger partial charge >= 0.3 is 0 Å². The number of halogens is 2. The lowest BCUT2D eigenvalue weighted by atomic mass is 10.1. The highest BCUT2D eigenvalue weighted by Crippen LogP contribution is 2.24. The number of amides is 1. The Morgan fingerprint density at radius 2 is 1.85 bits per heavy atom. The molecule has 0 spiro atoms. The number of nitrogens with zero attached hydrogens (tertiary/aromatic N) is 1. The maximum atomic E-state index is 12.5. The van der Waals surface area contributed by atoms with Crippen LogP contribution in [0.25, 0.3) is 0 Å². The molecule has 0 aromatic heterocycles. The van der Waals surface area contributed by atoms with Crippen LogP contribution >= 0.6 is 27.5 Å². The summed E-state index contributed by atoms with van der Waals surface area (Å²) >= 11 is 9.35. The highest BCUT2D eigenvalue weighted by atomic mass is 79.9. The molecule has 2 aromatic rings. The van der Waals surface area contributed by atoms with Crippen LogP contribution in [0.4, 0.5) is 0 Å². The number of rotatable bonds is 3. The van der Waals surface area contributed by atoms with Gasteiger partial charge in [0.25, 0.3) is 5.91 Å². The molecule has 2 rings (SSSR count). The normalized spacial score (nSPS) is 12.0. The molecule has 0 N–H and O–H groups in total. The minimum absolute atomic E-state index is 0.00135. The van der Waals surface area contributed by atoms with Crippen LogP contribution in [0.5, 0.6) is 0 Å². The van der Waals surface area contributed by atoms with E-state index in [4.69, 9.17) is 11.6 Å². The van der Waals surface area contributed by atoms with E-state index in [1.807, 2.05) is 37.3 Å². The Hall–Kier alpha value is -1.32. The van der Waals surface area contributed by atoms with Crippen molar-refractivity contribution in [2.24, 2.45) is 0 Å². The molecule has 0 saturated heterocycles. The van der Waals surface area contributed by atoms with Crippen LogP contribution in [0.15, 0.2) is 53.0 Å². The van der Waals surface area contributed by atoms with Crippen LogP contribution < -0.4 is 0 Å². The van der Waals surface area contributed by atoms with Crippen molar-refractivity contribution in [3.63, 3.8) is 0 Å². The summed E-state index contributed by atoms with van der Waals surface area (Å²) in [6, 6.07) is 15.2. The predicted molar refractivity (Wildman–Crippen MR) is 86.1 cm³/mol. The number of hydrogen-bond donors (Lipinski definition) is 0. The number of hydrogen-bond acceptors (Lipinski definition) is 1. The first-order valence-corrected chi connectivity index (χ1v) is 7.44. The van der Waals surface area contributed by atoms with Crippen molar-refractivity contribution < 1.29 is 4.79 Å². The molecule has 1 amide bonds. The number of carbonyl (C=O) groups is 1. The largest absolute Gasteiger partial charge is 0.335 e. The van der Waals surface area contributed by atoms with Gasteiger partial charge in [0.1, 0.15) is 0 Å². The fraction of sp³-hybridized carbons (Fsp3) is 0.188. The van der Waals surface area contributed by atoms with E-state index in [1.165, 1.54) is 0 Å². The molecule has 0 bridgehead atoms. The van der Waals surface area contributed by atoms with Crippen molar-refractivity contribution in [1.82, 2.24) is 4.90 Å². The van der Waals surface area contributed by atoms with E-state index in [0.29, 0.717) is 10.6 Å². The van der Waals surface area contributed by atoms with Crippen LogP contribution in [-0.4, -0.2) is 17.9 Å². The summed E-state index contributed by atoms with van der Waals surface area (Å²) in [5.41, 5.74) is 1.68. The summed E-state index contributed by atoms with van der Waals surface area (Å²) in [5, 5.41) is 0.545. The van der Waals surface area contributed by atoms with Gasteiger partial charge < -0.3 is 4.90 Å². The minimum atomic E-state index is -0.0513.